The number of nitrogens with zero attached hydrogens (tertiary/aromatic N) is 3. The number of aromatic nitrogens is 3. The van der Waals surface area contributed by atoms with E-state index in [0.717, 1.165) is 11.3 Å². The van der Waals surface area contributed by atoms with E-state index in [1.165, 1.54) is 6.33 Å². The molecular weight excluding hydrogens is 306 g/mol. The molecule has 4 N–H and O–H groups in total. The van der Waals surface area contributed by atoms with Crippen molar-refractivity contribution in [3.8, 4) is 17.2 Å². The molecule has 4 rings (SSSR count). The van der Waals surface area contributed by atoms with E-state index in [1.54, 1.807) is 36.4 Å². The highest BCUT2D eigenvalue weighted by molar-refractivity contribution is 5.85. The molecule has 2 aromatic carbocycles. The minimum Gasteiger partial charge on any atom is -0.508 e. The fourth-order valence-corrected chi connectivity index (χ4v) is 2.28. The Labute approximate surface area is 136 Å². The van der Waals surface area contributed by atoms with Crippen molar-refractivity contribution in [1.82, 2.24) is 15.0 Å². The number of nitrogen functional groups attached to an aromatic ring is 1. The third kappa shape index (κ3) is 2.58. The molecule has 4 aromatic rings. The molecular formula is C17H13N5O2. The number of phenolic OH excluding ortho intramolecular Hbond substituents is 1. The lowest BCUT2D eigenvalue weighted by atomic mass is 10.2. The van der Waals surface area contributed by atoms with Crippen molar-refractivity contribution < 1.29 is 9.52 Å². The summed E-state index contributed by atoms with van der Waals surface area (Å²) in [6, 6.07) is 13.9. The maximum absolute atomic E-state index is 9.35. The smallest absolute Gasteiger partial charge is 0.252 e. The van der Waals surface area contributed by atoms with Crippen molar-refractivity contribution in [3.63, 3.8) is 0 Å². The number of nitrogens with one attached hydrogen (secondary N) is 1. The van der Waals surface area contributed by atoms with Crippen LogP contribution in [0.5, 0.6) is 5.75 Å². The summed E-state index contributed by atoms with van der Waals surface area (Å²) in [6.07, 6.45) is 1.41. The summed E-state index contributed by atoms with van der Waals surface area (Å²) >= 11 is 0. The van der Waals surface area contributed by atoms with Crippen LogP contribution in [-0.2, 0) is 0 Å². The highest BCUT2D eigenvalue weighted by atomic mass is 16.4. The van der Waals surface area contributed by atoms with Crippen LogP contribution in [0.3, 0.4) is 0 Å². The van der Waals surface area contributed by atoms with E-state index in [2.05, 4.69) is 20.3 Å². The molecule has 7 nitrogen and oxygen atoms in total. The number of oxazole rings is 1. The van der Waals surface area contributed by atoms with Gasteiger partial charge in [-0.1, -0.05) is 0 Å². The molecule has 0 spiro atoms. The molecule has 0 saturated carbocycles. The van der Waals surface area contributed by atoms with E-state index in [-0.39, 0.29) is 5.75 Å². The normalized spacial score (nSPS) is 10.8. The Morgan fingerprint density at radius 2 is 1.71 bits per heavy atom. The van der Waals surface area contributed by atoms with E-state index in [1.807, 2.05) is 12.1 Å². The summed E-state index contributed by atoms with van der Waals surface area (Å²) in [7, 11) is 0. The number of fused-ring (bicyclic) bond motifs is 1. The molecule has 0 fully saturated rings. The zero-order valence-corrected chi connectivity index (χ0v) is 12.5. The summed E-state index contributed by atoms with van der Waals surface area (Å²) in [5.41, 5.74) is 8.85. The fraction of sp³-hybridized carbons (Fsp3) is 0. The second-order valence-electron chi connectivity index (χ2n) is 5.19. The Kier molecular flexibility index (Phi) is 3.24. The number of benzene rings is 2. The van der Waals surface area contributed by atoms with Gasteiger partial charge in [0.05, 0.1) is 0 Å². The van der Waals surface area contributed by atoms with Crippen molar-refractivity contribution in [1.29, 1.82) is 0 Å². The van der Waals surface area contributed by atoms with Crippen LogP contribution in [0, 0.1) is 0 Å². The van der Waals surface area contributed by atoms with E-state index in [9.17, 15) is 5.11 Å². The summed E-state index contributed by atoms with van der Waals surface area (Å²) in [4.78, 5) is 12.8. The molecule has 0 saturated heterocycles. The molecule has 24 heavy (non-hydrogen) atoms. The Morgan fingerprint density at radius 3 is 2.46 bits per heavy atom. The second kappa shape index (κ2) is 5.54. The van der Waals surface area contributed by atoms with Gasteiger partial charge in [-0.3, -0.25) is 0 Å². The molecule has 0 unspecified atom stereocenters. The van der Waals surface area contributed by atoms with Gasteiger partial charge in [0, 0.05) is 16.9 Å². The zero-order valence-electron chi connectivity index (χ0n) is 12.5. The number of aromatic hydroxyl groups is 1. The van der Waals surface area contributed by atoms with E-state index in [4.69, 9.17) is 10.2 Å². The Bertz CT molecular complexity index is 994. The molecule has 118 valence electrons. The van der Waals surface area contributed by atoms with Gasteiger partial charge in [0.15, 0.2) is 11.3 Å². The SMILES string of the molecule is Nc1ccc(-c2nc3c(Nc4ccc(O)cc4)ncnc3o2)cc1. The number of rotatable bonds is 3. The summed E-state index contributed by atoms with van der Waals surface area (Å²) in [5, 5.41) is 12.5. The van der Waals surface area contributed by atoms with Gasteiger partial charge in [0.2, 0.25) is 5.89 Å². The molecule has 2 aromatic heterocycles. The van der Waals surface area contributed by atoms with Crippen LogP contribution in [0.4, 0.5) is 17.2 Å². The van der Waals surface area contributed by atoms with Gasteiger partial charge in [-0.25, -0.2) is 9.97 Å². The van der Waals surface area contributed by atoms with Crippen LogP contribution >= 0.6 is 0 Å². The third-order valence-electron chi connectivity index (χ3n) is 3.48. The number of nitrogens with two attached hydrogens (primary N) is 1. The first-order valence-corrected chi connectivity index (χ1v) is 7.22. The third-order valence-corrected chi connectivity index (χ3v) is 3.48. The lowest BCUT2D eigenvalue weighted by Crippen LogP contribution is -1.95. The number of anilines is 3. The molecule has 7 heteroatoms. The maximum Gasteiger partial charge on any atom is 0.252 e. The summed E-state index contributed by atoms with van der Waals surface area (Å²) < 4.78 is 5.71. The predicted octanol–water partition coefficient (Wildman–Crippen LogP) is 3.32. The van der Waals surface area contributed by atoms with Crippen LogP contribution in [-0.4, -0.2) is 20.1 Å². The lowest BCUT2D eigenvalue weighted by molar-refractivity contribution is 0.475. The van der Waals surface area contributed by atoms with Crippen LogP contribution in [0.2, 0.25) is 0 Å². The molecule has 0 aliphatic carbocycles. The molecule has 0 bridgehead atoms. The van der Waals surface area contributed by atoms with Gasteiger partial charge in [0.1, 0.15) is 12.1 Å². The quantitative estimate of drug-likeness (QED) is 0.392. The zero-order chi connectivity index (χ0) is 16.5. The van der Waals surface area contributed by atoms with Gasteiger partial charge >= 0.3 is 0 Å². The first-order chi connectivity index (χ1) is 11.7. The molecule has 2 heterocycles. The van der Waals surface area contributed by atoms with Gasteiger partial charge in [0.25, 0.3) is 5.71 Å². The van der Waals surface area contributed by atoms with E-state index < -0.39 is 0 Å². The maximum atomic E-state index is 9.35. The standard InChI is InChI=1S/C17H13N5O2/c18-11-3-1-10(2-4-11)16-22-14-15(19-9-20-17(14)24-16)21-12-5-7-13(23)8-6-12/h1-9,23H,18H2,(H,19,20,21). The van der Waals surface area contributed by atoms with E-state index >= 15 is 0 Å². The van der Waals surface area contributed by atoms with Crippen LogP contribution < -0.4 is 11.1 Å². The fourth-order valence-electron chi connectivity index (χ4n) is 2.28. The minimum atomic E-state index is 0.195. The van der Waals surface area contributed by atoms with Crippen molar-refractivity contribution in [2.24, 2.45) is 0 Å². The van der Waals surface area contributed by atoms with Gasteiger partial charge in [-0.15, -0.1) is 0 Å². The minimum absolute atomic E-state index is 0.195. The van der Waals surface area contributed by atoms with Gasteiger partial charge < -0.3 is 20.6 Å². The Hall–Kier alpha value is -3.61. The molecule has 0 atom stereocenters. The van der Waals surface area contributed by atoms with Crippen molar-refractivity contribution in [2.45, 2.75) is 0 Å². The predicted molar refractivity (Wildman–Crippen MR) is 90.8 cm³/mol. The van der Waals surface area contributed by atoms with Crippen molar-refractivity contribution in [3.05, 3.63) is 54.9 Å². The average molecular weight is 319 g/mol. The molecule has 0 amide bonds. The molecule has 0 aliphatic heterocycles. The highest BCUT2D eigenvalue weighted by Crippen LogP contribution is 2.28. The number of hydrogen-bond acceptors (Lipinski definition) is 7. The summed E-state index contributed by atoms with van der Waals surface area (Å²) in [5.74, 6) is 1.16. The van der Waals surface area contributed by atoms with Crippen molar-refractivity contribution in [2.75, 3.05) is 11.1 Å². The van der Waals surface area contributed by atoms with Crippen LogP contribution in [0.15, 0.2) is 59.3 Å². The monoisotopic (exact) mass is 319 g/mol. The number of phenols is 1. The highest BCUT2D eigenvalue weighted by Gasteiger charge is 2.14. The van der Waals surface area contributed by atoms with Crippen molar-refractivity contribution >= 4 is 28.4 Å². The average Bonchev–Trinajstić information content (AvgIpc) is 3.03. The summed E-state index contributed by atoms with van der Waals surface area (Å²) in [6.45, 7) is 0. The van der Waals surface area contributed by atoms with Crippen LogP contribution in [0.25, 0.3) is 22.7 Å². The van der Waals surface area contributed by atoms with Gasteiger partial charge in [-0.05, 0) is 48.5 Å². The first kappa shape index (κ1) is 14.0. The Balaban J connectivity index is 1.74. The molecule has 0 radical (unpaired) electrons. The van der Waals surface area contributed by atoms with Crippen LogP contribution in [0.1, 0.15) is 0 Å². The second-order valence-corrected chi connectivity index (χ2v) is 5.19. The Morgan fingerprint density at radius 1 is 0.958 bits per heavy atom. The number of hydrogen-bond donors (Lipinski definition) is 3. The molecule has 0 aliphatic rings. The van der Waals surface area contributed by atoms with E-state index in [0.29, 0.717) is 28.6 Å². The first-order valence-electron chi connectivity index (χ1n) is 7.22. The largest absolute Gasteiger partial charge is 0.508 e. The van der Waals surface area contributed by atoms with Gasteiger partial charge in [-0.2, -0.15) is 4.98 Å². The topological polar surface area (TPSA) is 110 Å². The lowest BCUT2D eigenvalue weighted by Gasteiger charge is -2.04.